The van der Waals surface area contributed by atoms with Crippen LogP contribution in [0.2, 0.25) is 0 Å². The maximum absolute atomic E-state index is 11.5. The SMILES string of the molecule is COc1cc(OC)c(Cn2cc[nH]c2=O)c(OC)c1. The smallest absolute Gasteiger partial charge is 0.325 e. The Morgan fingerprint density at radius 1 is 1.11 bits per heavy atom. The summed E-state index contributed by atoms with van der Waals surface area (Å²) in [5.74, 6) is 1.87. The van der Waals surface area contributed by atoms with Crippen LogP contribution in [-0.2, 0) is 6.54 Å². The van der Waals surface area contributed by atoms with Gasteiger partial charge < -0.3 is 19.2 Å². The molecule has 1 heterocycles. The third kappa shape index (κ3) is 2.57. The number of H-pyrrole nitrogens is 1. The Morgan fingerprint density at radius 2 is 1.74 bits per heavy atom. The normalized spacial score (nSPS) is 10.3. The molecule has 0 atom stereocenters. The highest BCUT2D eigenvalue weighted by molar-refractivity contribution is 5.50. The molecule has 0 bridgehead atoms. The second-order valence-corrected chi connectivity index (χ2v) is 3.90. The topological polar surface area (TPSA) is 65.5 Å². The van der Waals surface area contributed by atoms with Gasteiger partial charge in [0.05, 0.1) is 33.4 Å². The first-order valence-electron chi connectivity index (χ1n) is 5.72. The molecule has 0 spiro atoms. The van der Waals surface area contributed by atoms with Gasteiger partial charge in [0.1, 0.15) is 17.2 Å². The number of nitrogens with one attached hydrogen (secondary N) is 1. The van der Waals surface area contributed by atoms with Crippen molar-refractivity contribution in [2.45, 2.75) is 6.54 Å². The fourth-order valence-corrected chi connectivity index (χ4v) is 1.88. The van der Waals surface area contributed by atoms with Gasteiger partial charge in [-0.2, -0.15) is 0 Å². The average molecular weight is 264 g/mol. The number of rotatable bonds is 5. The first kappa shape index (κ1) is 13.1. The van der Waals surface area contributed by atoms with Crippen LogP contribution >= 0.6 is 0 Å². The molecular weight excluding hydrogens is 248 g/mol. The summed E-state index contributed by atoms with van der Waals surface area (Å²) in [5.41, 5.74) is 0.604. The van der Waals surface area contributed by atoms with Crippen LogP contribution in [-0.4, -0.2) is 30.9 Å². The molecule has 102 valence electrons. The molecule has 2 rings (SSSR count). The standard InChI is InChI=1S/C13H16N2O4/c1-17-9-6-11(18-2)10(12(7-9)19-3)8-15-5-4-14-13(15)16/h4-7H,8H2,1-3H3,(H,14,16). The second-order valence-electron chi connectivity index (χ2n) is 3.90. The number of hydrogen-bond donors (Lipinski definition) is 1. The molecule has 0 aliphatic heterocycles. The van der Waals surface area contributed by atoms with Gasteiger partial charge in [0.25, 0.3) is 0 Å². The molecule has 0 amide bonds. The van der Waals surface area contributed by atoms with E-state index in [1.807, 2.05) is 0 Å². The highest BCUT2D eigenvalue weighted by Crippen LogP contribution is 2.34. The number of benzene rings is 1. The van der Waals surface area contributed by atoms with Crippen LogP contribution in [0.5, 0.6) is 17.2 Å². The maximum Gasteiger partial charge on any atom is 0.325 e. The summed E-state index contributed by atoms with van der Waals surface area (Å²) in [6.45, 7) is 0.360. The minimum absolute atomic E-state index is 0.181. The van der Waals surface area contributed by atoms with Crippen LogP contribution in [0.4, 0.5) is 0 Å². The molecule has 19 heavy (non-hydrogen) atoms. The van der Waals surface area contributed by atoms with Gasteiger partial charge >= 0.3 is 5.69 Å². The van der Waals surface area contributed by atoms with Gasteiger partial charge in [-0.25, -0.2) is 4.79 Å². The number of methoxy groups -OCH3 is 3. The van der Waals surface area contributed by atoms with E-state index in [9.17, 15) is 4.79 Å². The van der Waals surface area contributed by atoms with Crippen molar-refractivity contribution in [2.75, 3.05) is 21.3 Å². The van der Waals surface area contributed by atoms with Crippen molar-refractivity contribution in [3.8, 4) is 17.2 Å². The molecule has 0 aliphatic carbocycles. The fraction of sp³-hybridized carbons (Fsp3) is 0.308. The summed E-state index contributed by atoms with van der Waals surface area (Å²) < 4.78 is 17.4. The third-order valence-corrected chi connectivity index (χ3v) is 2.87. The van der Waals surface area contributed by atoms with E-state index in [4.69, 9.17) is 14.2 Å². The highest BCUT2D eigenvalue weighted by atomic mass is 16.5. The van der Waals surface area contributed by atoms with E-state index in [-0.39, 0.29) is 5.69 Å². The van der Waals surface area contributed by atoms with Gasteiger partial charge in [-0.05, 0) is 0 Å². The quantitative estimate of drug-likeness (QED) is 0.882. The van der Waals surface area contributed by atoms with Crippen LogP contribution in [0.1, 0.15) is 5.56 Å². The number of aromatic nitrogens is 2. The van der Waals surface area contributed by atoms with Crippen molar-refractivity contribution < 1.29 is 14.2 Å². The van der Waals surface area contributed by atoms with Crippen LogP contribution in [0.3, 0.4) is 0 Å². The van der Waals surface area contributed by atoms with E-state index in [2.05, 4.69) is 4.98 Å². The van der Waals surface area contributed by atoms with Gasteiger partial charge in [-0.15, -0.1) is 0 Å². The molecule has 1 N–H and O–H groups in total. The van der Waals surface area contributed by atoms with Gasteiger partial charge in [0.2, 0.25) is 0 Å². The van der Waals surface area contributed by atoms with Gasteiger partial charge in [0.15, 0.2) is 0 Å². The van der Waals surface area contributed by atoms with Crippen molar-refractivity contribution in [3.63, 3.8) is 0 Å². The Balaban J connectivity index is 2.48. The molecule has 0 saturated carbocycles. The molecule has 0 fully saturated rings. The highest BCUT2D eigenvalue weighted by Gasteiger charge is 2.14. The first-order chi connectivity index (χ1) is 9.19. The molecule has 6 heteroatoms. The predicted molar refractivity (Wildman–Crippen MR) is 70.3 cm³/mol. The monoisotopic (exact) mass is 264 g/mol. The van der Waals surface area contributed by atoms with Gasteiger partial charge in [-0.3, -0.25) is 4.57 Å². The summed E-state index contributed by atoms with van der Waals surface area (Å²) in [6.07, 6.45) is 3.26. The Morgan fingerprint density at radius 3 is 2.16 bits per heavy atom. The van der Waals surface area contributed by atoms with E-state index >= 15 is 0 Å². The van der Waals surface area contributed by atoms with E-state index in [1.54, 1.807) is 45.9 Å². The van der Waals surface area contributed by atoms with Crippen molar-refractivity contribution in [2.24, 2.45) is 0 Å². The summed E-state index contributed by atoms with van der Waals surface area (Å²) in [5, 5.41) is 0. The molecule has 0 saturated heterocycles. The fourth-order valence-electron chi connectivity index (χ4n) is 1.88. The largest absolute Gasteiger partial charge is 0.496 e. The average Bonchev–Trinajstić information content (AvgIpc) is 2.84. The molecule has 0 radical (unpaired) electrons. The zero-order valence-corrected chi connectivity index (χ0v) is 11.1. The molecule has 1 aromatic carbocycles. The minimum Gasteiger partial charge on any atom is -0.496 e. The second kappa shape index (κ2) is 5.51. The summed E-state index contributed by atoms with van der Waals surface area (Å²) in [6, 6.07) is 3.52. The Hall–Kier alpha value is -2.37. The minimum atomic E-state index is -0.181. The van der Waals surface area contributed by atoms with Crippen molar-refractivity contribution in [3.05, 3.63) is 40.6 Å². The number of imidazole rings is 1. The Labute approximate surface area is 110 Å². The van der Waals surface area contributed by atoms with Gasteiger partial charge in [-0.1, -0.05) is 0 Å². The lowest BCUT2D eigenvalue weighted by atomic mass is 10.1. The van der Waals surface area contributed by atoms with E-state index in [1.165, 1.54) is 4.57 Å². The molecule has 0 aliphatic rings. The molecule has 1 aromatic heterocycles. The summed E-state index contributed by atoms with van der Waals surface area (Å²) in [4.78, 5) is 14.1. The predicted octanol–water partition coefficient (Wildman–Crippen LogP) is 1.25. The van der Waals surface area contributed by atoms with Crippen LogP contribution in [0.15, 0.2) is 29.3 Å². The number of ether oxygens (including phenoxy) is 3. The lowest BCUT2D eigenvalue weighted by molar-refractivity contribution is 0.367. The zero-order valence-electron chi connectivity index (χ0n) is 11.1. The van der Waals surface area contributed by atoms with Crippen LogP contribution < -0.4 is 19.9 Å². The lowest BCUT2D eigenvalue weighted by Gasteiger charge is -2.15. The number of aromatic amines is 1. The van der Waals surface area contributed by atoms with Crippen LogP contribution in [0, 0.1) is 0 Å². The van der Waals surface area contributed by atoms with Crippen molar-refractivity contribution >= 4 is 0 Å². The zero-order chi connectivity index (χ0) is 13.8. The first-order valence-corrected chi connectivity index (χ1v) is 5.72. The van der Waals surface area contributed by atoms with Crippen LogP contribution in [0.25, 0.3) is 0 Å². The Bertz CT molecular complexity index is 590. The molecular formula is C13H16N2O4. The van der Waals surface area contributed by atoms with Crippen molar-refractivity contribution in [1.29, 1.82) is 0 Å². The van der Waals surface area contributed by atoms with Gasteiger partial charge in [0, 0.05) is 24.5 Å². The third-order valence-electron chi connectivity index (χ3n) is 2.87. The summed E-state index contributed by atoms with van der Waals surface area (Å²) >= 11 is 0. The number of nitrogens with zero attached hydrogens (tertiary/aromatic N) is 1. The van der Waals surface area contributed by atoms with E-state index in [0.29, 0.717) is 23.8 Å². The molecule has 0 unspecified atom stereocenters. The maximum atomic E-state index is 11.5. The van der Waals surface area contributed by atoms with Crippen molar-refractivity contribution in [1.82, 2.24) is 9.55 Å². The lowest BCUT2D eigenvalue weighted by Crippen LogP contribution is -2.17. The molecule has 2 aromatic rings. The number of hydrogen-bond acceptors (Lipinski definition) is 4. The summed E-state index contributed by atoms with van der Waals surface area (Å²) in [7, 11) is 4.71. The van der Waals surface area contributed by atoms with E-state index in [0.717, 1.165) is 5.56 Å². The van der Waals surface area contributed by atoms with E-state index < -0.39 is 0 Å². The Kier molecular flexibility index (Phi) is 3.79. The molecule has 6 nitrogen and oxygen atoms in total.